The largest absolute Gasteiger partial charge is 0.495 e. The molecular weight excluding hydrogens is 398 g/mol. The number of ether oxygens (including phenoxy) is 1. The summed E-state index contributed by atoms with van der Waals surface area (Å²) in [6.45, 7) is 1.28. The van der Waals surface area contributed by atoms with Crippen LogP contribution >= 0.6 is 0 Å². The second-order valence-corrected chi connectivity index (χ2v) is 9.47. The fourth-order valence-corrected chi connectivity index (χ4v) is 6.73. The Morgan fingerprint density at radius 3 is 2.23 bits per heavy atom. The lowest BCUT2D eigenvalue weighted by molar-refractivity contribution is 0.0369. The van der Waals surface area contributed by atoms with Crippen molar-refractivity contribution in [1.82, 2.24) is 14.6 Å². The SMILES string of the molecule is COc1ccccc1S(=O)(=O)N1[C@@H]2CNC[C@H]1C2c1ccc(-c2ccncc2)cc1. The average Bonchev–Trinajstić information content (AvgIpc) is 2.80. The van der Waals surface area contributed by atoms with E-state index >= 15 is 0 Å². The second-order valence-electron chi connectivity index (χ2n) is 7.66. The highest BCUT2D eigenvalue weighted by atomic mass is 32.2. The smallest absolute Gasteiger partial charge is 0.247 e. The molecule has 154 valence electrons. The van der Waals surface area contributed by atoms with Crippen molar-refractivity contribution in [2.75, 3.05) is 20.2 Å². The second kappa shape index (κ2) is 7.50. The van der Waals surface area contributed by atoms with Crippen LogP contribution in [-0.4, -0.2) is 50.0 Å². The predicted molar refractivity (Wildman–Crippen MR) is 115 cm³/mol. The number of benzene rings is 2. The van der Waals surface area contributed by atoms with Gasteiger partial charge in [-0.2, -0.15) is 4.31 Å². The molecule has 2 aliphatic heterocycles. The van der Waals surface area contributed by atoms with Crippen LogP contribution in [0.25, 0.3) is 11.1 Å². The molecule has 30 heavy (non-hydrogen) atoms. The number of rotatable bonds is 5. The van der Waals surface area contributed by atoms with Gasteiger partial charge in [-0.25, -0.2) is 8.42 Å². The van der Waals surface area contributed by atoms with Crippen LogP contribution in [0.1, 0.15) is 11.5 Å². The van der Waals surface area contributed by atoms with Crippen LogP contribution in [-0.2, 0) is 10.0 Å². The monoisotopic (exact) mass is 421 g/mol. The van der Waals surface area contributed by atoms with Gasteiger partial charge in [0.1, 0.15) is 10.6 Å². The zero-order chi connectivity index (χ0) is 20.7. The van der Waals surface area contributed by atoms with Crippen molar-refractivity contribution >= 4 is 10.0 Å². The minimum atomic E-state index is -3.63. The first-order valence-electron chi connectivity index (χ1n) is 9.99. The number of hydrogen-bond donors (Lipinski definition) is 1. The Balaban J connectivity index is 1.44. The minimum Gasteiger partial charge on any atom is -0.495 e. The minimum absolute atomic E-state index is 0.106. The molecule has 0 radical (unpaired) electrons. The highest BCUT2D eigenvalue weighted by Crippen LogP contribution is 2.47. The first kappa shape index (κ1) is 19.2. The van der Waals surface area contributed by atoms with E-state index in [1.807, 2.05) is 12.1 Å². The Kier molecular flexibility index (Phi) is 4.81. The van der Waals surface area contributed by atoms with Crippen LogP contribution in [0.2, 0.25) is 0 Å². The molecule has 2 saturated heterocycles. The summed E-state index contributed by atoms with van der Waals surface area (Å²) in [5, 5.41) is 3.36. The molecule has 2 bridgehead atoms. The van der Waals surface area contributed by atoms with E-state index in [1.54, 1.807) is 41.0 Å². The summed E-state index contributed by atoms with van der Waals surface area (Å²) in [5.74, 6) is 0.566. The van der Waals surface area contributed by atoms with Crippen molar-refractivity contribution in [3.8, 4) is 16.9 Å². The van der Waals surface area contributed by atoms with Gasteiger partial charge in [0, 0.05) is 43.5 Å². The number of piperidine rings is 1. The van der Waals surface area contributed by atoms with E-state index in [2.05, 4.69) is 34.6 Å². The molecule has 2 aromatic carbocycles. The van der Waals surface area contributed by atoms with E-state index in [4.69, 9.17) is 4.74 Å². The molecule has 5 rings (SSSR count). The number of nitrogens with zero attached hydrogens (tertiary/aromatic N) is 2. The summed E-state index contributed by atoms with van der Waals surface area (Å²) in [5.41, 5.74) is 3.42. The Bertz CT molecular complexity index is 1140. The summed E-state index contributed by atoms with van der Waals surface area (Å²) in [4.78, 5) is 4.30. The Morgan fingerprint density at radius 2 is 1.57 bits per heavy atom. The lowest BCUT2D eigenvalue weighted by Gasteiger charge is -2.57. The van der Waals surface area contributed by atoms with Crippen LogP contribution in [0.3, 0.4) is 0 Å². The molecule has 0 amide bonds. The van der Waals surface area contributed by atoms with Crippen molar-refractivity contribution in [1.29, 1.82) is 0 Å². The van der Waals surface area contributed by atoms with Gasteiger partial charge in [-0.1, -0.05) is 36.4 Å². The van der Waals surface area contributed by atoms with Crippen LogP contribution in [0.15, 0.2) is 78.0 Å². The summed E-state index contributed by atoms with van der Waals surface area (Å²) in [6.07, 6.45) is 3.57. The van der Waals surface area contributed by atoms with E-state index in [0.717, 1.165) is 11.1 Å². The fraction of sp³-hybridized carbons (Fsp3) is 0.261. The molecule has 1 aromatic heterocycles. The van der Waals surface area contributed by atoms with Gasteiger partial charge < -0.3 is 10.1 Å². The zero-order valence-corrected chi connectivity index (χ0v) is 17.4. The number of hydrogen-bond acceptors (Lipinski definition) is 5. The highest BCUT2D eigenvalue weighted by molar-refractivity contribution is 7.89. The van der Waals surface area contributed by atoms with Gasteiger partial charge in [-0.05, 0) is 41.0 Å². The third-order valence-electron chi connectivity index (χ3n) is 6.12. The molecule has 2 fully saturated rings. The number of sulfonamides is 1. The standard InChI is InChI=1S/C23H23N3O3S/c1-29-21-4-2-3-5-22(21)30(27,28)26-19-14-25-15-20(26)23(19)18-8-6-16(7-9-18)17-10-12-24-13-11-17/h2-13,19-20,23,25H,14-15H2,1H3/t19-,20+,23?. The molecular formula is C23H23N3O3S. The Hall–Kier alpha value is -2.74. The quantitative estimate of drug-likeness (QED) is 0.686. The van der Waals surface area contributed by atoms with E-state index < -0.39 is 10.0 Å². The number of piperazine rings is 1. The van der Waals surface area contributed by atoms with Crippen molar-refractivity contribution in [2.45, 2.75) is 22.9 Å². The number of pyridine rings is 1. The summed E-state index contributed by atoms with van der Waals surface area (Å²) >= 11 is 0. The number of para-hydroxylation sites is 1. The molecule has 3 heterocycles. The third kappa shape index (κ3) is 3.01. The zero-order valence-electron chi connectivity index (χ0n) is 16.6. The molecule has 0 spiro atoms. The van der Waals surface area contributed by atoms with Crippen LogP contribution in [0, 0.1) is 0 Å². The van der Waals surface area contributed by atoms with E-state index in [1.165, 1.54) is 12.7 Å². The van der Waals surface area contributed by atoms with Gasteiger partial charge in [0.2, 0.25) is 10.0 Å². The topological polar surface area (TPSA) is 71.5 Å². The van der Waals surface area contributed by atoms with E-state index in [0.29, 0.717) is 18.8 Å². The third-order valence-corrected chi connectivity index (χ3v) is 8.11. The number of aromatic nitrogens is 1. The maximum absolute atomic E-state index is 13.4. The van der Waals surface area contributed by atoms with Crippen molar-refractivity contribution in [2.24, 2.45) is 0 Å². The predicted octanol–water partition coefficient (Wildman–Crippen LogP) is 2.89. The summed E-state index contributed by atoms with van der Waals surface area (Å²) < 4.78 is 33.9. The Labute approximate surface area is 176 Å². The van der Waals surface area contributed by atoms with Crippen molar-refractivity contribution < 1.29 is 13.2 Å². The normalized spacial score (nSPS) is 23.6. The van der Waals surface area contributed by atoms with Gasteiger partial charge in [-0.15, -0.1) is 0 Å². The Morgan fingerprint density at radius 1 is 0.933 bits per heavy atom. The van der Waals surface area contributed by atoms with E-state index in [-0.39, 0.29) is 22.9 Å². The fourth-order valence-electron chi connectivity index (χ4n) is 4.72. The molecule has 6 nitrogen and oxygen atoms in total. The van der Waals surface area contributed by atoms with Crippen LogP contribution in [0.5, 0.6) is 5.75 Å². The van der Waals surface area contributed by atoms with Crippen molar-refractivity contribution in [3.63, 3.8) is 0 Å². The lowest BCUT2D eigenvalue weighted by Crippen LogP contribution is -2.73. The van der Waals surface area contributed by atoms with Gasteiger partial charge in [0.15, 0.2) is 0 Å². The van der Waals surface area contributed by atoms with Gasteiger partial charge >= 0.3 is 0 Å². The molecule has 2 aliphatic rings. The highest BCUT2D eigenvalue weighted by Gasteiger charge is 2.57. The van der Waals surface area contributed by atoms with Crippen LogP contribution < -0.4 is 10.1 Å². The first-order chi connectivity index (χ1) is 14.6. The van der Waals surface area contributed by atoms with Gasteiger partial charge in [0.05, 0.1) is 7.11 Å². The molecule has 3 aromatic rings. The lowest BCUT2D eigenvalue weighted by atomic mass is 9.74. The van der Waals surface area contributed by atoms with E-state index in [9.17, 15) is 8.42 Å². The number of methoxy groups -OCH3 is 1. The molecule has 1 N–H and O–H groups in total. The average molecular weight is 422 g/mol. The van der Waals surface area contributed by atoms with Gasteiger partial charge in [0.25, 0.3) is 0 Å². The van der Waals surface area contributed by atoms with Crippen LogP contribution in [0.4, 0.5) is 0 Å². The summed E-state index contributed by atoms with van der Waals surface area (Å²) in [7, 11) is -2.13. The number of nitrogens with one attached hydrogen (secondary N) is 1. The molecule has 3 atom stereocenters. The molecule has 0 aliphatic carbocycles. The molecule has 0 saturated carbocycles. The van der Waals surface area contributed by atoms with Crippen molar-refractivity contribution in [3.05, 3.63) is 78.6 Å². The number of fused-ring (bicyclic) bond motifs is 2. The first-order valence-corrected chi connectivity index (χ1v) is 11.4. The molecule has 7 heteroatoms. The molecule has 1 unspecified atom stereocenters. The maximum Gasteiger partial charge on any atom is 0.247 e. The summed E-state index contributed by atoms with van der Waals surface area (Å²) in [6, 6.07) is 19.0. The van der Waals surface area contributed by atoms with Gasteiger partial charge in [-0.3, -0.25) is 4.98 Å². The maximum atomic E-state index is 13.4.